The number of hydrogen-bond acceptors (Lipinski definition) is 4. The molecule has 1 aliphatic heterocycles. The van der Waals surface area contributed by atoms with Crippen molar-refractivity contribution in [2.24, 2.45) is 0 Å². The molecule has 0 spiro atoms. The van der Waals surface area contributed by atoms with E-state index in [1.807, 2.05) is 25.1 Å². The van der Waals surface area contributed by atoms with Gasteiger partial charge in [0, 0.05) is 5.69 Å². The van der Waals surface area contributed by atoms with E-state index >= 15 is 0 Å². The van der Waals surface area contributed by atoms with Gasteiger partial charge < -0.3 is 15.0 Å². The average Bonchev–Trinajstić information content (AvgIpc) is 3.13. The zero-order valence-corrected chi connectivity index (χ0v) is 13.2. The third kappa shape index (κ3) is 2.02. The molecule has 0 fully saturated rings. The van der Waals surface area contributed by atoms with Gasteiger partial charge in [-0.1, -0.05) is 0 Å². The highest BCUT2D eigenvalue weighted by atomic mass is 16.5. The predicted molar refractivity (Wildman–Crippen MR) is 89.8 cm³/mol. The number of benzene rings is 2. The van der Waals surface area contributed by atoms with Crippen molar-refractivity contribution in [3.8, 4) is 23.2 Å². The second kappa shape index (κ2) is 5.10. The Morgan fingerprint density at radius 3 is 2.88 bits per heavy atom. The topological polar surface area (TPSA) is 90.8 Å². The maximum Gasteiger partial charge on any atom is 0.231 e. The number of nitriles is 1. The summed E-state index contributed by atoms with van der Waals surface area (Å²) in [4.78, 5) is 19.7. The van der Waals surface area contributed by atoms with Crippen molar-refractivity contribution in [2.75, 3.05) is 12.4 Å². The molecule has 2 N–H and O–H groups in total. The van der Waals surface area contributed by atoms with Gasteiger partial charge in [0.15, 0.2) is 0 Å². The van der Waals surface area contributed by atoms with Gasteiger partial charge in [-0.15, -0.1) is 0 Å². The SMILES string of the molecule is COc1cc(C#N)ccc1-c1nc2cc3c(cc2[nH]1)NC(=O)C3C. The summed E-state index contributed by atoms with van der Waals surface area (Å²) in [7, 11) is 1.56. The van der Waals surface area contributed by atoms with Crippen LogP contribution in [0.25, 0.3) is 22.4 Å². The van der Waals surface area contributed by atoms with Crippen molar-refractivity contribution < 1.29 is 9.53 Å². The molecule has 1 atom stereocenters. The van der Waals surface area contributed by atoms with Gasteiger partial charge in [0.25, 0.3) is 0 Å². The van der Waals surface area contributed by atoms with Crippen molar-refractivity contribution >= 4 is 22.6 Å². The summed E-state index contributed by atoms with van der Waals surface area (Å²) in [5.41, 5.74) is 4.72. The third-order valence-corrected chi connectivity index (χ3v) is 4.36. The van der Waals surface area contributed by atoms with Crippen LogP contribution in [0.4, 0.5) is 5.69 Å². The van der Waals surface area contributed by atoms with Gasteiger partial charge >= 0.3 is 0 Å². The Morgan fingerprint density at radius 2 is 2.12 bits per heavy atom. The standard InChI is InChI=1S/C18H14N4O2/c1-9-12-6-14-15(7-13(12)22-18(9)23)21-17(20-14)11-4-3-10(8-19)5-16(11)24-2/h3-7,9H,1-2H3,(H,20,21)(H,22,23). The van der Waals surface area contributed by atoms with Crippen LogP contribution in [-0.4, -0.2) is 23.0 Å². The van der Waals surface area contributed by atoms with Crippen molar-refractivity contribution in [1.82, 2.24) is 9.97 Å². The molecular weight excluding hydrogens is 304 g/mol. The van der Waals surface area contributed by atoms with E-state index in [9.17, 15) is 4.79 Å². The van der Waals surface area contributed by atoms with Gasteiger partial charge in [-0.05, 0) is 42.8 Å². The molecule has 118 valence electrons. The van der Waals surface area contributed by atoms with Crippen LogP contribution in [-0.2, 0) is 4.79 Å². The fraction of sp³-hybridized carbons (Fsp3) is 0.167. The average molecular weight is 318 g/mol. The number of hydrogen-bond donors (Lipinski definition) is 2. The van der Waals surface area contributed by atoms with Gasteiger partial charge in [-0.3, -0.25) is 4.79 Å². The van der Waals surface area contributed by atoms with Crippen LogP contribution in [0.1, 0.15) is 24.0 Å². The molecule has 1 aliphatic rings. The number of anilines is 1. The lowest BCUT2D eigenvalue weighted by atomic mass is 10.0. The van der Waals surface area contributed by atoms with Crippen LogP contribution >= 0.6 is 0 Å². The quantitative estimate of drug-likeness (QED) is 0.759. The fourth-order valence-corrected chi connectivity index (χ4v) is 3.01. The Balaban J connectivity index is 1.86. The molecule has 0 saturated heterocycles. The van der Waals surface area contributed by atoms with E-state index in [2.05, 4.69) is 21.4 Å². The van der Waals surface area contributed by atoms with Crippen LogP contribution in [0, 0.1) is 11.3 Å². The highest BCUT2D eigenvalue weighted by Gasteiger charge is 2.27. The van der Waals surface area contributed by atoms with Gasteiger partial charge in [0.05, 0.1) is 41.3 Å². The van der Waals surface area contributed by atoms with E-state index in [1.165, 1.54) is 0 Å². The molecule has 1 amide bonds. The smallest absolute Gasteiger partial charge is 0.231 e. The molecule has 0 aliphatic carbocycles. The number of rotatable bonds is 2. The van der Waals surface area contributed by atoms with Crippen molar-refractivity contribution in [1.29, 1.82) is 5.26 Å². The monoisotopic (exact) mass is 318 g/mol. The lowest BCUT2D eigenvalue weighted by Gasteiger charge is -2.05. The molecule has 24 heavy (non-hydrogen) atoms. The number of methoxy groups -OCH3 is 1. The summed E-state index contributed by atoms with van der Waals surface area (Å²) < 4.78 is 5.38. The van der Waals surface area contributed by atoms with Crippen molar-refractivity contribution in [3.63, 3.8) is 0 Å². The number of carbonyl (C=O) groups excluding carboxylic acids is 1. The van der Waals surface area contributed by atoms with E-state index in [4.69, 9.17) is 10.00 Å². The van der Waals surface area contributed by atoms with E-state index in [-0.39, 0.29) is 11.8 Å². The van der Waals surface area contributed by atoms with Gasteiger partial charge in [-0.2, -0.15) is 5.26 Å². The number of aromatic amines is 1. The normalized spacial score (nSPS) is 15.9. The molecule has 0 saturated carbocycles. The Kier molecular flexibility index (Phi) is 3.03. The number of imidazole rings is 1. The first kappa shape index (κ1) is 14.3. The third-order valence-electron chi connectivity index (χ3n) is 4.36. The van der Waals surface area contributed by atoms with E-state index in [0.29, 0.717) is 17.1 Å². The van der Waals surface area contributed by atoms with Crippen molar-refractivity contribution in [2.45, 2.75) is 12.8 Å². The first-order valence-corrected chi connectivity index (χ1v) is 7.53. The molecule has 6 nitrogen and oxygen atoms in total. The maximum atomic E-state index is 11.8. The van der Waals surface area contributed by atoms with Crippen LogP contribution in [0.2, 0.25) is 0 Å². The van der Waals surface area contributed by atoms with E-state index in [0.717, 1.165) is 27.8 Å². The predicted octanol–water partition coefficient (Wildman–Crippen LogP) is 3.17. The number of nitrogens with one attached hydrogen (secondary N) is 2. The zero-order valence-electron chi connectivity index (χ0n) is 13.2. The summed E-state index contributed by atoms with van der Waals surface area (Å²) in [5.74, 6) is 1.08. The Hall–Kier alpha value is -3.33. The lowest BCUT2D eigenvalue weighted by molar-refractivity contribution is -0.116. The number of carbonyl (C=O) groups is 1. The second-order valence-electron chi connectivity index (χ2n) is 5.78. The molecule has 6 heteroatoms. The number of amides is 1. The summed E-state index contributed by atoms with van der Waals surface area (Å²) in [6.07, 6.45) is 0. The maximum absolute atomic E-state index is 11.8. The molecule has 4 rings (SSSR count). The van der Waals surface area contributed by atoms with Gasteiger partial charge in [0.2, 0.25) is 5.91 Å². The minimum absolute atomic E-state index is 0.00615. The Bertz CT molecular complexity index is 1030. The van der Waals surface area contributed by atoms with Crippen LogP contribution < -0.4 is 10.1 Å². The zero-order chi connectivity index (χ0) is 16.8. The Labute approximate surface area is 138 Å². The largest absolute Gasteiger partial charge is 0.496 e. The molecular formula is C18H14N4O2. The van der Waals surface area contributed by atoms with Gasteiger partial charge in [-0.25, -0.2) is 4.98 Å². The van der Waals surface area contributed by atoms with Gasteiger partial charge in [0.1, 0.15) is 11.6 Å². The number of aromatic nitrogens is 2. The minimum Gasteiger partial charge on any atom is -0.496 e. The minimum atomic E-state index is -0.172. The number of nitrogens with zero attached hydrogens (tertiary/aromatic N) is 2. The van der Waals surface area contributed by atoms with E-state index in [1.54, 1.807) is 19.2 Å². The molecule has 0 bridgehead atoms. The summed E-state index contributed by atoms with van der Waals surface area (Å²) >= 11 is 0. The molecule has 2 aromatic carbocycles. The summed E-state index contributed by atoms with van der Waals surface area (Å²) in [6.45, 7) is 1.88. The Morgan fingerprint density at radius 1 is 1.29 bits per heavy atom. The second-order valence-corrected chi connectivity index (χ2v) is 5.78. The summed E-state index contributed by atoms with van der Waals surface area (Å²) in [6, 6.07) is 11.2. The number of fused-ring (bicyclic) bond motifs is 2. The number of H-pyrrole nitrogens is 1. The highest BCUT2D eigenvalue weighted by molar-refractivity contribution is 6.05. The van der Waals surface area contributed by atoms with Crippen LogP contribution in [0.15, 0.2) is 30.3 Å². The van der Waals surface area contributed by atoms with Crippen molar-refractivity contribution in [3.05, 3.63) is 41.5 Å². The lowest BCUT2D eigenvalue weighted by Crippen LogP contribution is -2.08. The molecule has 0 radical (unpaired) electrons. The first-order valence-electron chi connectivity index (χ1n) is 7.53. The molecule has 3 aromatic rings. The van der Waals surface area contributed by atoms with Crippen LogP contribution in [0.3, 0.4) is 0 Å². The molecule has 1 unspecified atom stereocenters. The molecule has 2 heterocycles. The van der Waals surface area contributed by atoms with E-state index < -0.39 is 0 Å². The van der Waals surface area contributed by atoms with Crippen LogP contribution in [0.5, 0.6) is 5.75 Å². The summed E-state index contributed by atoms with van der Waals surface area (Å²) in [5, 5.41) is 11.9. The molecule has 1 aromatic heterocycles. The number of ether oxygens (including phenoxy) is 1. The first-order chi connectivity index (χ1) is 11.6. The fourth-order valence-electron chi connectivity index (χ4n) is 3.01. The highest BCUT2D eigenvalue weighted by Crippen LogP contribution is 2.36.